The fourth-order valence-corrected chi connectivity index (χ4v) is 1.75. The SMILES string of the molecule is CC(C)C[C@H](N=Cc1ccccc1)C(=O)OC(C)(C)C. The third kappa shape index (κ3) is 6.50. The van der Waals surface area contributed by atoms with Gasteiger partial charge in [-0.3, -0.25) is 4.99 Å². The van der Waals surface area contributed by atoms with Crippen molar-refractivity contribution in [1.29, 1.82) is 0 Å². The highest BCUT2D eigenvalue weighted by molar-refractivity contribution is 5.84. The minimum Gasteiger partial charge on any atom is -0.458 e. The summed E-state index contributed by atoms with van der Waals surface area (Å²) in [6.07, 6.45) is 2.44. The van der Waals surface area contributed by atoms with Crippen LogP contribution in [0.15, 0.2) is 35.3 Å². The fraction of sp³-hybridized carbons (Fsp3) is 0.529. The summed E-state index contributed by atoms with van der Waals surface area (Å²) in [5.41, 5.74) is 0.513. The lowest BCUT2D eigenvalue weighted by atomic mass is 10.0. The molecule has 1 aromatic rings. The summed E-state index contributed by atoms with van der Waals surface area (Å²) in [6, 6.07) is 9.35. The lowest BCUT2D eigenvalue weighted by Gasteiger charge is -2.23. The van der Waals surface area contributed by atoms with Crippen LogP contribution in [0.4, 0.5) is 0 Å². The van der Waals surface area contributed by atoms with Crippen molar-refractivity contribution < 1.29 is 9.53 Å². The molecular weight excluding hydrogens is 250 g/mol. The molecule has 3 heteroatoms. The van der Waals surface area contributed by atoms with Gasteiger partial charge in [-0.25, -0.2) is 4.79 Å². The van der Waals surface area contributed by atoms with E-state index in [1.54, 1.807) is 6.21 Å². The van der Waals surface area contributed by atoms with Gasteiger partial charge < -0.3 is 4.74 Å². The Morgan fingerprint density at radius 3 is 2.35 bits per heavy atom. The quantitative estimate of drug-likeness (QED) is 0.604. The van der Waals surface area contributed by atoms with Crippen LogP contribution in [0.25, 0.3) is 0 Å². The molecular formula is C17H25NO2. The molecule has 0 aliphatic rings. The smallest absolute Gasteiger partial charge is 0.331 e. The molecule has 0 bridgehead atoms. The van der Waals surface area contributed by atoms with E-state index in [2.05, 4.69) is 18.8 Å². The Morgan fingerprint density at radius 1 is 1.25 bits per heavy atom. The lowest BCUT2D eigenvalue weighted by Crippen LogP contribution is -2.31. The Bertz CT molecular complexity index is 444. The van der Waals surface area contributed by atoms with Gasteiger partial charge >= 0.3 is 5.97 Å². The summed E-state index contributed by atoms with van der Waals surface area (Å²) in [4.78, 5) is 16.6. The van der Waals surface area contributed by atoms with Crippen molar-refractivity contribution in [1.82, 2.24) is 0 Å². The van der Waals surface area contributed by atoms with Gasteiger partial charge in [-0.2, -0.15) is 0 Å². The molecule has 0 amide bonds. The second-order valence-corrected chi connectivity index (χ2v) is 6.37. The Morgan fingerprint density at radius 2 is 1.85 bits per heavy atom. The summed E-state index contributed by atoms with van der Waals surface area (Å²) < 4.78 is 5.44. The zero-order valence-corrected chi connectivity index (χ0v) is 13.1. The molecule has 1 aromatic carbocycles. The summed E-state index contributed by atoms with van der Waals surface area (Å²) in [5.74, 6) is 0.138. The van der Waals surface area contributed by atoms with Gasteiger partial charge in [-0.15, -0.1) is 0 Å². The summed E-state index contributed by atoms with van der Waals surface area (Å²) in [7, 11) is 0. The predicted molar refractivity (Wildman–Crippen MR) is 83.1 cm³/mol. The van der Waals surface area contributed by atoms with Gasteiger partial charge in [0.25, 0.3) is 0 Å². The number of aliphatic imine (C=N–C) groups is 1. The number of benzene rings is 1. The van der Waals surface area contributed by atoms with E-state index in [4.69, 9.17) is 4.74 Å². The number of nitrogens with zero attached hydrogens (tertiary/aromatic N) is 1. The van der Waals surface area contributed by atoms with E-state index in [-0.39, 0.29) is 5.97 Å². The molecule has 0 saturated heterocycles. The summed E-state index contributed by atoms with van der Waals surface area (Å²) in [6.45, 7) is 9.78. The summed E-state index contributed by atoms with van der Waals surface area (Å²) in [5, 5.41) is 0. The molecule has 0 radical (unpaired) electrons. The van der Waals surface area contributed by atoms with Crippen LogP contribution < -0.4 is 0 Å². The van der Waals surface area contributed by atoms with E-state index in [9.17, 15) is 4.79 Å². The number of hydrogen-bond acceptors (Lipinski definition) is 3. The zero-order valence-electron chi connectivity index (χ0n) is 13.1. The largest absolute Gasteiger partial charge is 0.458 e. The Labute approximate surface area is 122 Å². The highest BCUT2D eigenvalue weighted by Gasteiger charge is 2.24. The topological polar surface area (TPSA) is 38.7 Å². The second kappa shape index (κ2) is 7.22. The van der Waals surface area contributed by atoms with Gasteiger partial charge in [0.1, 0.15) is 11.6 Å². The lowest BCUT2D eigenvalue weighted by molar-refractivity contribution is -0.156. The molecule has 3 nitrogen and oxygen atoms in total. The van der Waals surface area contributed by atoms with E-state index in [0.29, 0.717) is 12.3 Å². The monoisotopic (exact) mass is 275 g/mol. The van der Waals surface area contributed by atoms with Gasteiger partial charge in [-0.05, 0) is 38.7 Å². The standard InChI is InChI=1S/C17H25NO2/c1-13(2)11-15(16(19)20-17(3,4)5)18-12-14-9-7-6-8-10-14/h6-10,12-13,15H,11H2,1-5H3/t15-/m0/s1. The number of ether oxygens (including phenoxy) is 1. The van der Waals surface area contributed by atoms with Crippen molar-refractivity contribution in [2.24, 2.45) is 10.9 Å². The van der Waals surface area contributed by atoms with E-state index >= 15 is 0 Å². The van der Waals surface area contributed by atoms with Crippen LogP contribution in [0.3, 0.4) is 0 Å². The van der Waals surface area contributed by atoms with Gasteiger partial charge in [0.2, 0.25) is 0 Å². The van der Waals surface area contributed by atoms with E-state index in [1.165, 1.54) is 0 Å². The molecule has 0 aromatic heterocycles. The number of esters is 1. The van der Waals surface area contributed by atoms with Crippen molar-refractivity contribution in [2.75, 3.05) is 0 Å². The molecule has 0 N–H and O–H groups in total. The fourth-order valence-electron chi connectivity index (χ4n) is 1.75. The molecule has 0 aliphatic carbocycles. The van der Waals surface area contributed by atoms with E-state index in [1.807, 2.05) is 51.1 Å². The molecule has 1 rings (SSSR count). The van der Waals surface area contributed by atoms with Crippen LogP contribution in [-0.4, -0.2) is 23.8 Å². The predicted octanol–water partition coefficient (Wildman–Crippen LogP) is 3.86. The molecule has 110 valence electrons. The van der Waals surface area contributed by atoms with Crippen molar-refractivity contribution in [2.45, 2.75) is 52.7 Å². The number of rotatable bonds is 5. The first-order valence-corrected chi connectivity index (χ1v) is 7.09. The van der Waals surface area contributed by atoms with Gasteiger partial charge in [-0.1, -0.05) is 44.2 Å². The van der Waals surface area contributed by atoms with E-state index in [0.717, 1.165) is 5.56 Å². The molecule has 1 atom stereocenters. The highest BCUT2D eigenvalue weighted by atomic mass is 16.6. The van der Waals surface area contributed by atoms with Crippen LogP contribution in [0.2, 0.25) is 0 Å². The van der Waals surface area contributed by atoms with Gasteiger partial charge in [0, 0.05) is 6.21 Å². The van der Waals surface area contributed by atoms with Crippen molar-refractivity contribution in [3.8, 4) is 0 Å². The van der Waals surface area contributed by atoms with Gasteiger partial charge in [0.05, 0.1) is 0 Å². The maximum atomic E-state index is 12.2. The number of hydrogen-bond donors (Lipinski definition) is 0. The first kappa shape index (κ1) is 16.4. The Kier molecular flexibility index (Phi) is 5.93. The van der Waals surface area contributed by atoms with Crippen molar-refractivity contribution in [3.63, 3.8) is 0 Å². The Balaban J connectivity index is 2.79. The molecule has 0 unspecified atom stereocenters. The molecule has 0 spiro atoms. The average molecular weight is 275 g/mol. The van der Waals surface area contributed by atoms with Crippen LogP contribution >= 0.6 is 0 Å². The molecule has 0 saturated carbocycles. The molecule has 0 heterocycles. The zero-order chi connectivity index (χ0) is 15.2. The third-order valence-corrected chi connectivity index (χ3v) is 2.58. The second-order valence-electron chi connectivity index (χ2n) is 6.37. The highest BCUT2D eigenvalue weighted by Crippen LogP contribution is 2.15. The maximum absolute atomic E-state index is 12.2. The number of carbonyl (C=O) groups excluding carboxylic acids is 1. The maximum Gasteiger partial charge on any atom is 0.331 e. The summed E-state index contributed by atoms with van der Waals surface area (Å²) >= 11 is 0. The average Bonchev–Trinajstić information content (AvgIpc) is 2.33. The van der Waals surface area contributed by atoms with Crippen molar-refractivity contribution >= 4 is 12.2 Å². The number of carbonyl (C=O) groups is 1. The van der Waals surface area contributed by atoms with E-state index < -0.39 is 11.6 Å². The van der Waals surface area contributed by atoms with Gasteiger partial charge in [0.15, 0.2) is 0 Å². The first-order chi connectivity index (χ1) is 9.28. The van der Waals surface area contributed by atoms with Crippen LogP contribution in [-0.2, 0) is 9.53 Å². The van der Waals surface area contributed by atoms with Crippen LogP contribution in [0.5, 0.6) is 0 Å². The molecule has 0 aliphatic heterocycles. The molecule has 20 heavy (non-hydrogen) atoms. The molecule has 0 fully saturated rings. The van der Waals surface area contributed by atoms with Crippen LogP contribution in [0, 0.1) is 5.92 Å². The minimum absolute atomic E-state index is 0.251. The van der Waals surface area contributed by atoms with Crippen LogP contribution in [0.1, 0.15) is 46.6 Å². The third-order valence-electron chi connectivity index (χ3n) is 2.58. The Hall–Kier alpha value is -1.64. The normalized spacial score (nSPS) is 13.7. The first-order valence-electron chi connectivity index (χ1n) is 7.09. The minimum atomic E-state index is -0.478. The van der Waals surface area contributed by atoms with Crippen molar-refractivity contribution in [3.05, 3.63) is 35.9 Å².